The lowest BCUT2D eigenvalue weighted by Gasteiger charge is -2.23. The van der Waals surface area contributed by atoms with Gasteiger partial charge in [-0.1, -0.05) is 30.3 Å². The van der Waals surface area contributed by atoms with E-state index in [2.05, 4.69) is 0 Å². The molecule has 0 fully saturated rings. The third kappa shape index (κ3) is 2.87. The van der Waals surface area contributed by atoms with Crippen molar-refractivity contribution in [3.05, 3.63) is 35.9 Å². The van der Waals surface area contributed by atoms with Crippen LogP contribution in [-0.4, -0.2) is 12.4 Å². The fourth-order valence-electron chi connectivity index (χ4n) is 1.21. The van der Waals surface area contributed by atoms with Gasteiger partial charge in [-0.25, -0.2) is 0 Å². The summed E-state index contributed by atoms with van der Waals surface area (Å²) in [5.74, 6) is -3.41. The molecular weight excluding hydrogens is 222 g/mol. The molecule has 0 aliphatic carbocycles. The number of benzene rings is 1. The summed E-state index contributed by atoms with van der Waals surface area (Å²) in [4.78, 5) is 0. The minimum absolute atomic E-state index is 0.794. The minimum Gasteiger partial charge on any atom is -0.170 e. The Morgan fingerprint density at radius 1 is 0.733 bits per heavy atom. The van der Waals surface area contributed by atoms with Crippen LogP contribution >= 0.6 is 0 Å². The summed E-state index contributed by atoms with van der Waals surface area (Å²) in [5, 5.41) is 0. The first kappa shape index (κ1) is 11.9. The minimum atomic E-state index is -5.32. The topological polar surface area (TPSA) is 0 Å². The van der Waals surface area contributed by atoms with Gasteiger partial charge in [0.05, 0.1) is 0 Å². The highest BCUT2D eigenvalue weighted by atomic mass is 19.4. The molecule has 15 heavy (non-hydrogen) atoms. The average Bonchev–Trinajstić information content (AvgIpc) is 2.00. The van der Waals surface area contributed by atoms with Gasteiger partial charge >= 0.3 is 12.4 Å². The summed E-state index contributed by atoms with van der Waals surface area (Å²) in [5.41, 5.74) is -0.794. The summed E-state index contributed by atoms with van der Waals surface area (Å²) >= 11 is 0. The molecule has 0 radical (unpaired) electrons. The van der Waals surface area contributed by atoms with Crippen molar-refractivity contribution >= 4 is 0 Å². The standard InChI is InChI=1S/C9H6F6/c10-8(11,12)7(9(13,14)15)6-4-2-1-3-5-6/h1-5,7H. The third-order valence-electron chi connectivity index (χ3n) is 1.79. The van der Waals surface area contributed by atoms with Crippen molar-refractivity contribution in [3.8, 4) is 0 Å². The maximum absolute atomic E-state index is 12.2. The summed E-state index contributed by atoms with van der Waals surface area (Å²) in [6, 6.07) is 5.25. The number of rotatable bonds is 1. The molecule has 1 aromatic carbocycles. The second-order valence-corrected chi connectivity index (χ2v) is 2.93. The molecule has 6 heteroatoms. The lowest BCUT2D eigenvalue weighted by atomic mass is 9.98. The van der Waals surface area contributed by atoms with E-state index in [1.54, 1.807) is 0 Å². The Morgan fingerprint density at radius 3 is 1.47 bits per heavy atom. The molecule has 0 atom stereocenters. The molecule has 0 aliphatic heterocycles. The van der Waals surface area contributed by atoms with E-state index in [0.717, 1.165) is 24.3 Å². The van der Waals surface area contributed by atoms with Crippen molar-refractivity contribution in [2.24, 2.45) is 0 Å². The zero-order valence-electron chi connectivity index (χ0n) is 7.23. The van der Waals surface area contributed by atoms with E-state index in [0.29, 0.717) is 0 Å². The van der Waals surface area contributed by atoms with E-state index in [1.807, 2.05) is 0 Å². The second-order valence-electron chi connectivity index (χ2n) is 2.93. The number of halogens is 6. The number of alkyl halides is 6. The first-order valence-electron chi connectivity index (χ1n) is 3.91. The molecule has 0 spiro atoms. The molecule has 84 valence electrons. The first-order chi connectivity index (χ1) is 6.73. The maximum Gasteiger partial charge on any atom is 0.404 e. The van der Waals surface area contributed by atoms with Crippen LogP contribution in [0.5, 0.6) is 0 Å². The number of hydrogen-bond donors (Lipinski definition) is 0. The van der Waals surface area contributed by atoms with Crippen LogP contribution in [0, 0.1) is 0 Å². The van der Waals surface area contributed by atoms with E-state index < -0.39 is 23.8 Å². The second kappa shape index (κ2) is 3.75. The van der Waals surface area contributed by atoms with Gasteiger partial charge in [-0.2, -0.15) is 26.3 Å². The van der Waals surface area contributed by atoms with Crippen molar-refractivity contribution in [1.82, 2.24) is 0 Å². The summed E-state index contributed by atoms with van der Waals surface area (Å²) in [6.07, 6.45) is -10.6. The summed E-state index contributed by atoms with van der Waals surface area (Å²) in [6.45, 7) is 0. The molecule has 0 heterocycles. The zero-order chi connectivity index (χ0) is 11.7. The zero-order valence-corrected chi connectivity index (χ0v) is 7.23. The SMILES string of the molecule is FC(F)(F)C(c1ccccc1)C(F)(F)F. The highest BCUT2D eigenvalue weighted by molar-refractivity contribution is 5.22. The van der Waals surface area contributed by atoms with Gasteiger partial charge in [0.1, 0.15) is 0 Å². The van der Waals surface area contributed by atoms with Crippen molar-refractivity contribution in [1.29, 1.82) is 0 Å². The van der Waals surface area contributed by atoms with Crippen molar-refractivity contribution in [3.63, 3.8) is 0 Å². The molecule has 0 amide bonds. The molecule has 1 aromatic rings. The number of hydrogen-bond acceptors (Lipinski definition) is 0. The molecule has 0 nitrogen and oxygen atoms in total. The molecule has 0 N–H and O–H groups in total. The van der Waals surface area contributed by atoms with Crippen LogP contribution in [0.1, 0.15) is 11.5 Å². The Morgan fingerprint density at radius 2 is 1.13 bits per heavy atom. The van der Waals surface area contributed by atoms with Gasteiger partial charge in [-0.05, 0) is 5.56 Å². The van der Waals surface area contributed by atoms with E-state index in [1.165, 1.54) is 6.07 Å². The van der Waals surface area contributed by atoms with E-state index in [9.17, 15) is 26.3 Å². The predicted octanol–water partition coefficient (Wildman–Crippen LogP) is 3.89. The monoisotopic (exact) mass is 228 g/mol. The van der Waals surface area contributed by atoms with E-state index in [4.69, 9.17) is 0 Å². The smallest absolute Gasteiger partial charge is 0.170 e. The van der Waals surface area contributed by atoms with Gasteiger partial charge in [0.15, 0.2) is 5.92 Å². The van der Waals surface area contributed by atoms with E-state index >= 15 is 0 Å². The largest absolute Gasteiger partial charge is 0.404 e. The van der Waals surface area contributed by atoms with Crippen LogP contribution in [0.15, 0.2) is 30.3 Å². The molecule has 0 aromatic heterocycles. The predicted molar refractivity (Wildman–Crippen MR) is 41.3 cm³/mol. The van der Waals surface area contributed by atoms with Crippen molar-refractivity contribution in [2.75, 3.05) is 0 Å². The van der Waals surface area contributed by atoms with Gasteiger partial charge in [0.25, 0.3) is 0 Å². The Bertz CT molecular complexity index is 296. The highest BCUT2D eigenvalue weighted by Crippen LogP contribution is 2.45. The van der Waals surface area contributed by atoms with Crippen LogP contribution in [0.25, 0.3) is 0 Å². The first-order valence-corrected chi connectivity index (χ1v) is 3.91. The molecule has 1 rings (SSSR count). The van der Waals surface area contributed by atoms with Gasteiger partial charge < -0.3 is 0 Å². The Balaban J connectivity index is 3.15. The quantitative estimate of drug-likeness (QED) is 0.639. The Kier molecular flexibility index (Phi) is 2.97. The van der Waals surface area contributed by atoms with Crippen LogP contribution in [0.4, 0.5) is 26.3 Å². The molecule has 0 saturated heterocycles. The fourth-order valence-corrected chi connectivity index (χ4v) is 1.21. The summed E-state index contributed by atoms with van der Waals surface area (Å²) < 4.78 is 73.1. The lowest BCUT2D eigenvalue weighted by Crippen LogP contribution is -2.34. The van der Waals surface area contributed by atoms with Crippen molar-refractivity contribution < 1.29 is 26.3 Å². The normalized spacial score (nSPS) is 13.3. The molecular formula is C9H6F6. The van der Waals surface area contributed by atoms with Gasteiger partial charge in [0, 0.05) is 0 Å². The van der Waals surface area contributed by atoms with Gasteiger partial charge in [0.2, 0.25) is 0 Å². The fraction of sp³-hybridized carbons (Fsp3) is 0.333. The van der Waals surface area contributed by atoms with Gasteiger partial charge in [-0.15, -0.1) is 0 Å². The maximum atomic E-state index is 12.2. The van der Waals surface area contributed by atoms with Crippen LogP contribution < -0.4 is 0 Å². The van der Waals surface area contributed by atoms with E-state index in [-0.39, 0.29) is 0 Å². The third-order valence-corrected chi connectivity index (χ3v) is 1.79. The highest BCUT2D eigenvalue weighted by Gasteiger charge is 2.57. The lowest BCUT2D eigenvalue weighted by molar-refractivity contribution is -0.253. The van der Waals surface area contributed by atoms with Crippen molar-refractivity contribution in [2.45, 2.75) is 18.3 Å². The van der Waals surface area contributed by atoms with Crippen LogP contribution in [0.2, 0.25) is 0 Å². The average molecular weight is 228 g/mol. The Hall–Kier alpha value is -1.20. The summed E-state index contributed by atoms with van der Waals surface area (Å²) in [7, 11) is 0. The molecule has 0 bridgehead atoms. The Labute approximate surface area is 81.5 Å². The molecule has 0 unspecified atom stereocenters. The van der Waals surface area contributed by atoms with Crippen LogP contribution in [0.3, 0.4) is 0 Å². The molecule has 0 saturated carbocycles. The van der Waals surface area contributed by atoms with Gasteiger partial charge in [-0.3, -0.25) is 0 Å². The van der Waals surface area contributed by atoms with Crippen LogP contribution in [-0.2, 0) is 0 Å². The molecule has 0 aliphatic rings.